The Morgan fingerprint density at radius 3 is 2.38 bits per heavy atom. The molecule has 0 aromatic heterocycles. The smallest absolute Gasteiger partial charge is 0.157 e. The molecule has 0 saturated heterocycles. The maximum Gasteiger partial charge on any atom is 0.157 e. The molecule has 0 saturated carbocycles. The van der Waals surface area contributed by atoms with Crippen LogP contribution in [0.5, 0.6) is 0 Å². The molecular formula is C9H20O4. The van der Waals surface area contributed by atoms with Gasteiger partial charge in [-0.15, -0.1) is 0 Å². The van der Waals surface area contributed by atoms with Gasteiger partial charge < -0.3 is 19.3 Å². The Morgan fingerprint density at radius 1 is 1.08 bits per heavy atom. The van der Waals surface area contributed by atoms with Gasteiger partial charge in [0.15, 0.2) is 6.29 Å². The van der Waals surface area contributed by atoms with Crippen molar-refractivity contribution in [2.75, 3.05) is 26.6 Å². The molecule has 80 valence electrons. The molecule has 1 unspecified atom stereocenters. The van der Waals surface area contributed by atoms with Crippen LogP contribution in [0, 0.1) is 0 Å². The molecule has 4 heteroatoms. The van der Waals surface area contributed by atoms with Gasteiger partial charge in [0.05, 0.1) is 13.2 Å². The predicted octanol–water partition coefficient (Wildman–Crippen LogP) is 1.13. The summed E-state index contributed by atoms with van der Waals surface area (Å²) >= 11 is 0. The summed E-state index contributed by atoms with van der Waals surface area (Å²) in [5.41, 5.74) is 0. The number of aliphatic hydroxyl groups is 1. The van der Waals surface area contributed by atoms with Crippen LogP contribution < -0.4 is 0 Å². The molecule has 0 aliphatic carbocycles. The van der Waals surface area contributed by atoms with E-state index in [2.05, 4.69) is 6.92 Å². The summed E-state index contributed by atoms with van der Waals surface area (Å²) in [7, 11) is 0. The Balaban J connectivity index is 2.91. The molecule has 1 N–H and O–H groups in total. The highest BCUT2D eigenvalue weighted by atomic mass is 16.7. The van der Waals surface area contributed by atoms with E-state index in [9.17, 15) is 0 Å². The first-order chi connectivity index (χ1) is 6.31. The molecule has 13 heavy (non-hydrogen) atoms. The first-order valence-corrected chi connectivity index (χ1v) is 4.76. The standard InChI is InChI=1S/C9H20O4/c1-3-5-11-6-7-12-8-13-9(10)4-2/h9-10H,3-8H2,1-2H3. The lowest BCUT2D eigenvalue weighted by Gasteiger charge is -2.09. The number of ether oxygens (including phenoxy) is 3. The fourth-order valence-corrected chi connectivity index (χ4v) is 0.668. The molecular weight excluding hydrogens is 172 g/mol. The zero-order valence-electron chi connectivity index (χ0n) is 8.49. The summed E-state index contributed by atoms with van der Waals surface area (Å²) < 4.78 is 15.1. The molecule has 0 bridgehead atoms. The molecule has 0 aliphatic heterocycles. The number of hydrogen-bond acceptors (Lipinski definition) is 4. The summed E-state index contributed by atoms with van der Waals surface area (Å²) in [5, 5.41) is 8.97. The first kappa shape index (κ1) is 12.8. The second-order valence-electron chi connectivity index (χ2n) is 2.67. The van der Waals surface area contributed by atoms with E-state index in [0.29, 0.717) is 19.6 Å². The molecule has 0 spiro atoms. The third-order valence-corrected chi connectivity index (χ3v) is 1.41. The highest BCUT2D eigenvalue weighted by Gasteiger charge is 1.98. The summed E-state index contributed by atoms with van der Waals surface area (Å²) in [5.74, 6) is 0. The van der Waals surface area contributed by atoms with Crippen LogP contribution >= 0.6 is 0 Å². The zero-order chi connectivity index (χ0) is 9.94. The summed E-state index contributed by atoms with van der Waals surface area (Å²) in [6, 6.07) is 0. The summed E-state index contributed by atoms with van der Waals surface area (Å²) in [6.07, 6.45) is 0.886. The topological polar surface area (TPSA) is 47.9 Å². The quantitative estimate of drug-likeness (QED) is 0.439. The Hall–Kier alpha value is -0.160. The molecule has 0 rings (SSSR count). The van der Waals surface area contributed by atoms with Crippen LogP contribution in [0.3, 0.4) is 0 Å². The van der Waals surface area contributed by atoms with Crippen molar-refractivity contribution in [1.29, 1.82) is 0 Å². The average Bonchev–Trinajstić information content (AvgIpc) is 2.16. The maximum absolute atomic E-state index is 8.97. The third kappa shape index (κ3) is 9.76. The molecule has 4 nitrogen and oxygen atoms in total. The van der Waals surface area contributed by atoms with E-state index < -0.39 is 6.29 Å². The van der Waals surface area contributed by atoms with Crippen molar-refractivity contribution in [3.8, 4) is 0 Å². The lowest BCUT2D eigenvalue weighted by Crippen LogP contribution is -2.14. The van der Waals surface area contributed by atoms with Gasteiger partial charge in [-0.25, -0.2) is 0 Å². The van der Waals surface area contributed by atoms with Crippen molar-refractivity contribution in [1.82, 2.24) is 0 Å². The minimum atomic E-state index is -0.712. The van der Waals surface area contributed by atoms with Crippen molar-refractivity contribution in [2.45, 2.75) is 33.0 Å². The van der Waals surface area contributed by atoms with Gasteiger partial charge in [-0.05, 0) is 12.8 Å². The van der Waals surface area contributed by atoms with Crippen LogP contribution in [0.4, 0.5) is 0 Å². The van der Waals surface area contributed by atoms with Gasteiger partial charge in [0.1, 0.15) is 6.79 Å². The van der Waals surface area contributed by atoms with Gasteiger partial charge in [0, 0.05) is 6.61 Å². The van der Waals surface area contributed by atoms with Gasteiger partial charge in [-0.2, -0.15) is 0 Å². The third-order valence-electron chi connectivity index (χ3n) is 1.41. The van der Waals surface area contributed by atoms with Crippen LogP contribution in [0.2, 0.25) is 0 Å². The van der Waals surface area contributed by atoms with Crippen LogP contribution in [-0.4, -0.2) is 38.0 Å². The van der Waals surface area contributed by atoms with Gasteiger partial charge >= 0.3 is 0 Å². The van der Waals surface area contributed by atoms with E-state index in [1.807, 2.05) is 6.92 Å². The van der Waals surface area contributed by atoms with E-state index in [1.54, 1.807) is 0 Å². The SMILES string of the molecule is CCCOCCOCOC(O)CC. The van der Waals surface area contributed by atoms with E-state index >= 15 is 0 Å². The largest absolute Gasteiger partial charge is 0.379 e. The molecule has 0 heterocycles. The molecule has 0 aromatic carbocycles. The predicted molar refractivity (Wildman–Crippen MR) is 49.3 cm³/mol. The fraction of sp³-hybridized carbons (Fsp3) is 1.00. The molecule has 0 fully saturated rings. The molecule has 0 amide bonds. The van der Waals surface area contributed by atoms with Crippen molar-refractivity contribution in [3.63, 3.8) is 0 Å². The molecule has 0 aromatic rings. The number of hydrogen-bond donors (Lipinski definition) is 1. The minimum absolute atomic E-state index is 0.129. The molecule has 0 aliphatic rings. The van der Waals surface area contributed by atoms with Crippen LogP contribution in [0.1, 0.15) is 26.7 Å². The minimum Gasteiger partial charge on any atom is -0.379 e. The van der Waals surface area contributed by atoms with Crippen molar-refractivity contribution in [3.05, 3.63) is 0 Å². The first-order valence-electron chi connectivity index (χ1n) is 4.76. The van der Waals surface area contributed by atoms with E-state index in [1.165, 1.54) is 0 Å². The Labute approximate surface area is 79.8 Å². The van der Waals surface area contributed by atoms with Crippen molar-refractivity contribution in [2.24, 2.45) is 0 Å². The maximum atomic E-state index is 8.97. The normalized spacial score (nSPS) is 13.2. The Bertz CT molecular complexity index is 97.6. The second-order valence-corrected chi connectivity index (χ2v) is 2.67. The second kappa shape index (κ2) is 9.92. The van der Waals surface area contributed by atoms with E-state index in [0.717, 1.165) is 13.0 Å². The number of rotatable bonds is 9. The van der Waals surface area contributed by atoms with Gasteiger partial charge in [-0.3, -0.25) is 0 Å². The van der Waals surface area contributed by atoms with Gasteiger partial charge in [-0.1, -0.05) is 13.8 Å². The number of aliphatic hydroxyl groups excluding tert-OH is 1. The highest BCUT2D eigenvalue weighted by Crippen LogP contribution is 1.92. The monoisotopic (exact) mass is 192 g/mol. The van der Waals surface area contributed by atoms with Crippen LogP contribution in [0.15, 0.2) is 0 Å². The summed E-state index contributed by atoms with van der Waals surface area (Å²) in [6.45, 7) is 5.89. The summed E-state index contributed by atoms with van der Waals surface area (Å²) in [4.78, 5) is 0. The lowest BCUT2D eigenvalue weighted by molar-refractivity contribution is -0.173. The fourth-order valence-electron chi connectivity index (χ4n) is 0.668. The van der Waals surface area contributed by atoms with E-state index in [4.69, 9.17) is 19.3 Å². The van der Waals surface area contributed by atoms with E-state index in [-0.39, 0.29) is 6.79 Å². The molecule has 1 atom stereocenters. The van der Waals surface area contributed by atoms with Crippen LogP contribution in [0.25, 0.3) is 0 Å². The zero-order valence-corrected chi connectivity index (χ0v) is 8.49. The average molecular weight is 192 g/mol. The van der Waals surface area contributed by atoms with Crippen molar-refractivity contribution < 1.29 is 19.3 Å². The van der Waals surface area contributed by atoms with Gasteiger partial charge in [0.2, 0.25) is 0 Å². The Kier molecular flexibility index (Phi) is 9.80. The van der Waals surface area contributed by atoms with Crippen LogP contribution in [-0.2, 0) is 14.2 Å². The lowest BCUT2D eigenvalue weighted by atomic mass is 10.5. The Morgan fingerprint density at radius 2 is 1.77 bits per heavy atom. The van der Waals surface area contributed by atoms with Gasteiger partial charge in [0.25, 0.3) is 0 Å². The molecule has 0 radical (unpaired) electrons. The van der Waals surface area contributed by atoms with Crippen molar-refractivity contribution >= 4 is 0 Å². The highest BCUT2D eigenvalue weighted by molar-refractivity contribution is 4.31.